The Morgan fingerprint density at radius 1 is 1.23 bits per heavy atom. The number of hydrogen-bond donors (Lipinski definition) is 1. The monoisotopic (exact) mass is 423 g/mol. The highest BCUT2D eigenvalue weighted by Gasteiger charge is 2.34. The van der Waals surface area contributed by atoms with Crippen LogP contribution in [0.1, 0.15) is 38.9 Å². The Morgan fingerprint density at radius 2 is 1.97 bits per heavy atom. The largest absolute Gasteiger partial charge is 0.377 e. The van der Waals surface area contributed by atoms with Crippen molar-refractivity contribution in [3.05, 3.63) is 85.4 Å². The van der Waals surface area contributed by atoms with Gasteiger partial charge in [-0.2, -0.15) is 5.10 Å². The summed E-state index contributed by atoms with van der Waals surface area (Å²) >= 11 is 0. The van der Waals surface area contributed by atoms with E-state index in [9.17, 15) is 14.4 Å². The summed E-state index contributed by atoms with van der Waals surface area (Å²) in [5.41, 5.74) is 2.57. The van der Waals surface area contributed by atoms with Gasteiger partial charge < -0.3 is 14.6 Å². The number of hydrogen-bond acceptors (Lipinski definition) is 5. The lowest BCUT2D eigenvalue weighted by Crippen LogP contribution is -2.47. The van der Waals surface area contributed by atoms with Gasteiger partial charge in [0.15, 0.2) is 0 Å². The first-order valence-electron chi connectivity index (χ1n) is 10.1. The van der Waals surface area contributed by atoms with Crippen molar-refractivity contribution in [1.82, 2.24) is 24.2 Å². The fraction of sp³-hybridized carbons (Fsp3) is 0.364. The second-order valence-corrected chi connectivity index (χ2v) is 7.69. The number of aromatic amines is 1. The fourth-order valence-electron chi connectivity index (χ4n) is 4.06. The number of morpholine rings is 1. The Bertz CT molecular complexity index is 1220. The Morgan fingerprint density at radius 3 is 2.71 bits per heavy atom. The van der Waals surface area contributed by atoms with Crippen LogP contribution in [0, 0.1) is 13.8 Å². The molecule has 3 aromatic rings. The van der Waals surface area contributed by atoms with Crippen molar-refractivity contribution in [2.75, 3.05) is 19.8 Å². The molecule has 0 saturated carbocycles. The van der Waals surface area contributed by atoms with E-state index < -0.39 is 17.2 Å². The molecule has 1 fully saturated rings. The third-order valence-corrected chi connectivity index (χ3v) is 5.75. The lowest BCUT2D eigenvalue weighted by Gasteiger charge is -2.36. The van der Waals surface area contributed by atoms with Crippen molar-refractivity contribution in [2.24, 2.45) is 7.05 Å². The minimum absolute atomic E-state index is 0.0685. The standard InChI is InChI=1S/C22H25N5O4/c1-14-19(15(2)27(24-14)12-16-7-5-4-6-8-16)18-13-31-10-9-26(18)21(29)17-11-23-22(30)25(3)20(17)28/h4-8,11,18H,9-10,12-13H2,1-3H3,(H,23,30). The number of aromatic nitrogens is 4. The first-order chi connectivity index (χ1) is 14.9. The number of aryl methyl sites for hydroxylation is 1. The number of amides is 1. The summed E-state index contributed by atoms with van der Waals surface area (Å²) in [6.45, 7) is 5.55. The van der Waals surface area contributed by atoms with Gasteiger partial charge in [-0.1, -0.05) is 30.3 Å². The molecule has 3 heterocycles. The highest BCUT2D eigenvalue weighted by Crippen LogP contribution is 2.30. The van der Waals surface area contributed by atoms with Gasteiger partial charge in [-0.15, -0.1) is 0 Å². The average Bonchev–Trinajstić information content (AvgIpc) is 3.05. The zero-order valence-electron chi connectivity index (χ0n) is 17.8. The molecule has 0 spiro atoms. The highest BCUT2D eigenvalue weighted by molar-refractivity contribution is 5.94. The van der Waals surface area contributed by atoms with Crippen LogP contribution in [-0.2, 0) is 18.3 Å². The predicted octanol–water partition coefficient (Wildman–Crippen LogP) is 1.15. The van der Waals surface area contributed by atoms with Gasteiger partial charge in [-0.05, 0) is 19.4 Å². The van der Waals surface area contributed by atoms with E-state index in [1.165, 1.54) is 13.2 Å². The third-order valence-electron chi connectivity index (χ3n) is 5.75. The van der Waals surface area contributed by atoms with Crippen molar-refractivity contribution in [3.63, 3.8) is 0 Å². The summed E-state index contributed by atoms with van der Waals surface area (Å²) in [5, 5.41) is 4.70. The number of H-pyrrole nitrogens is 1. The van der Waals surface area contributed by atoms with Crippen LogP contribution in [0.4, 0.5) is 0 Å². The molecule has 1 aliphatic heterocycles. The van der Waals surface area contributed by atoms with E-state index >= 15 is 0 Å². The molecule has 1 unspecified atom stereocenters. The molecule has 31 heavy (non-hydrogen) atoms. The Kier molecular flexibility index (Phi) is 5.60. The number of carbonyl (C=O) groups excluding carboxylic acids is 1. The third kappa shape index (κ3) is 3.84. The van der Waals surface area contributed by atoms with Crippen molar-refractivity contribution < 1.29 is 9.53 Å². The van der Waals surface area contributed by atoms with E-state index in [1.807, 2.05) is 48.9 Å². The normalized spacial score (nSPS) is 16.5. The second-order valence-electron chi connectivity index (χ2n) is 7.69. The molecule has 0 radical (unpaired) electrons. The Hall–Kier alpha value is -3.46. The molecule has 162 valence electrons. The first-order valence-corrected chi connectivity index (χ1v) is 10.1. The van der Waals surface area contributed by atoms with Crippen LogP contribution in [0.25, 0.3) is 0 Å². The van der Waals surface area contributed by atoms with Crippen LogP contribution < -0.4 is 11.2 Å². The smallest absolute Gasteiger partial charge is 0.328 e. The lowest BCUT2D eigenvalue weighted by atomic mass is 10.0. The maximum Gasteiger partial charge on any atom is 0.328 e. The molecule has 1 aromatic carbocycles. The molecule has 4 rings (SSSR count). The van der Waals surface area contributed by atoms with E-state index in [1.54, 1.807) is 4.90 Å². The molecule has 1 N–H and O–H groups in total. The molecule has 1 atom stereocenters. The number of ether oxygens (including phenoxy) is 1. The van der Waals surface area contributed by atoms with Gasteiger partial charge >= 0.3 is 5.69 Å². The van der Waals surface area contributed by atoms with Crippen LogP contribution in [-0.4, -0.2) is 49.9 Å². The highest BCUT2D eigenvalue weighted by atomic mass is 16.5. The van der Waals surface area contributed by atoms with E-state index in [2.05, 4.69) is 4.98 Å². The van der Waals surface area contributed by atoms with Crippen LogP contribution in [0.15, 0.2) is 46.1 Å². The van der Waals surface area contributed by atoms with Crippen LogP contribution in [0.2, 0.25) is 0 Å². The van der Waals surface area contributed by atoms with E-state index in [0.717, 1.165) is 27.1 Å². The number of nitrogens with zero attached hydrogens (tertiary/aromatic N) is 4. The molecule has 9 heteroatoms. The van der Waals surface area contributed by atoms with Gasteiger partial charge in [-0.3, -0.25) is 18.8 Å². The van der Waals surface area contributed by atoms with Gasteiger partial charge in [0, 0.05) is 31.0 Å². The Balaban J connectivity index is 1.70. The van der Waals surface area contributed by atoms with Crippen LogP contribution in [0.5, 0.6) is 0 Å². The molecule has 0 aliphatic carbocycles. The first kappa shape index (κ1) is 20.8. The zero-order chi connectivity index (χ0) is 22.1. The second kappa shape index (κ2) is 8.35. The molecule has 1 saturated heterocycles. The van der Waals surface area contributed by atoms with E-state index in [-0.39, 0.29) is 11.6 Å². The molecular formula is C22H25N5O4. The van der Waals surface area contributed by atoms with Gasteiger partial charge in [0.05, 0.1) is 31.5 Å². The van der Waals surface area contributed by atoms with Gasteiger partial charge in [-0.25, -0.2) is 4.79 Å². The summed E-state index contributed by atoms with van der Waals surface area (Å²) < 4.78 is 8.52. The number of nitrogens with one attached hydrogen (secondary N) is 1. The molecule has 1 aliphatic rings. The minimum Gasteiger partial charge on any atom is -0.377 e. The number of carbonyl (C=O) groups is 1. The van der Waals surface area contributed by atoms with Gasteiger partial charge in [0.25, 0.3) is 11.5 Å². The molecule has 0 bridgehead atoms. The van der Waals surface area contributed by atoms with Crippen molar-refractivity contribution in [2.45, 2.75) is 26.4 Å². The summed E-state index contributed by atoms with van der Waals surface area (Å²) in [5.74, 6) is -0.431. The van der Waals surface area contributed by atoms with Crippen molar-refractivity contribution in [3.8, 4) is 0 Å². The average molecular weight is 423 g/mol. The van der Waals surface area contributed by atoms with Gasteiger partial charge in [0.1, 0.15) is 5.56 Å². The Labute approximate surface area is 178 Å². The maximum atomic E-state index is 13.3. The van der Waals surface area contributed by atoms with Gasteiger partial charge in [0.2, 0.25) is 0 Å². The topological polar surface area (TPSA) is 102 Å². The number of benzene rings is 1. The van der Waals surface area contributed by atoms with Crippen molar-refractivity contribution in [1.29, 1.82) is 0 Å². The maximum absolute atomic E-state index is 13.3. The molecule has 9 nitrogen and oxygen atoms in total. The predicted molar refractivity (Wildman–Crippen MR) is 114 cm³/mol. The van der Waals surface area contributed by atoms with E-state index in [4.69, 9.17) is 9.84 Å². The fourth-order valence-corrected chi connectivity index (χ4v) is 4.06. The van der Waals surface area contributed by atoms with Crippen molar-refractivity contribution >= 4 is 5.91 Å². The molecule has 2 aromatic heterocycles. The summed E-state index contributed by atoms with van der Waals surface area (Å²) in [6, 6.07) is 9.66. The summed E-state index contributed by atoms with van der Waals surface area (Å²) in [6.07, 6.45) is 1.19. The quantitative estimate of drug-likeness (QED) is 0.678. The SMILES string of the molecule is Cc1nn(Cc2ccccc2)c(C)c1C1COCCN1C(=O)c1c[nH]c(=O)n(C)c1=O. The lowest BCUT2D eigenvalue weighted by molar-refractivity contribution is -0.00321. The summed E-state index contributed by atoms with van der Waals surface area (Å²) in [4.78, 5) is 41.6. The van der Waals surface area contributed by atoms with E-state index in [0.29, 0.717) is 26.3 Å². The van der Waals surface area contributed by atoms with Crippen LogP contribution in [0.3, 0.4) is 0 Å². The molecule has 1 amide bonds. The molecular weight excluding hydrogens is 398 g/mol. The zero-order valence-corrected chi connectivity index (χ0v) is 17.8. The summed E-state index contributed by atoms with van der Waals surface area (Å²) in [7, 11) is 1.34. The minimum atomic E-state index is -0.618. The number of rotatable bonds is 4. The van der Waals surface area contributed by atoms with Crippen LogP contribution >= 0.6 is 0 Å².